The standard InChI is InChI=1S/C21H24ClN3O3S2/c1-5-6-11-24(3)30(27,28)17-9-7-15(8-10-17)20(26)23-21-25(4)19-14(2)12-16(22)13-18(19)29-21/h7-10,12-13H,5-6,11H2,1-4H3. The molecule has 3 rings (SSSR count). The molecule has 0 saturated heterocycles. The van der Waals surface area contributed by atoms with Gasteiger partial charge in [0, 0.05) is 31.2 Å². The van der Waals surface area contributed by atoms with Crippen molar-refractivity contribution in [1.29, 1.82) is 0 Å². The normalized spacial score (nSPS) is 12.8. The number of carbonyl (C=O) groups is 1. The van der Waals surface area contributed by atoms with Crippen molar-refractivity contribution in [3.63, 3.8) is 0 Å². The predicted molar refractivity (Wildman–Crippen MR) is 122 cm³/mol. The minimum Gasteiger partial charge on any atom is -0.319 e. The molecule has 0 aliphatic carbocycles. The number of nitrogens with zero attached hydrogens (tertiary/aromatic N) is 3. The Bertz CT molecular complexity index is 1260. The highest BCUT2D eigenvalue weighted by atomic mass is 35.5. The van der Waals surface area contributed by atoms with Gasteiger partial charge in [0.2, 0.25) is 10.0 Å². The smallest absolute Gasteiger partial charge is 0.279 e. The zero-order valence-electron chi connectivity index (χ0n) is 17.3. The number of unbranched alkanes of at least 4 members (excludes halogenated alkanes) is 1. The summed E-state index contributed by atoms with van der Waals surface area (Å²) in [6.07, 6.45) is 1.71. The van der Waals surface area contributed by atoms with Crippen molar-refractivity contribution in [1.82, 2.24) is 8.87 Å². The maximum Gasteiger partial charge on any atom is 0.279 e. The number of rotatable bonds is 6. The average molecular weight is 466 g/mol. The first-order valence-corrected chi connectivity index (χ1v) is 12.2. The molecule has 1 heterocycles. The van der Waals surface area contributed by atoms with Crippen LogP contribution in [0.25, 0.3) is 10.2 Å². The van der Waals surface area contributed by atoms with Crippen LogP contribution in [0.4, 0.5) is 0 Å². The maximum atomic E-state index is 12.7. The zero-order chi connectivity index (χ0) is 22.1. The average Bonchev–Trinajstić information content (AvgIpc) is 3.01. The van der Waals surface area contributed by atoms with Gasteiger partial charge in [-0.2, -0.15) is 4.99 Å². The van der Waals surface area contributed by atoms with E-state index in [1.165, 1.54) is 39.9 Å². The summed E-state index contributed by atoms with van der Waals surface area (Å²) in [6.45, 7) is 4.43. The number of halogens is 1. The molecule has 2 aromatic carbocycles. The maximum absolute atomic E-state index is 12.7. The van der Waals surface area contributed by atoms with E-state index < -0.39 is 15.9 Å². The Morgan fingerprint density at radius 2 is 1.90 bits per heavy atom. The van der Waals surface area contributed by atoms with E-state index in [2.05, 4.69) is 4.99 Å². The SMILES string of the molecule is CCCCN(C)S(=O)(=O)c1ccc(C(=O)N=c2sc3cc(Cl)cc(C)c3n2C)cc1. The van der Waals surface area contributed by atoms with Gasteiger partial charge in [-0.05, 0) is 55.3 Å². The molecule has 0 aliphatic rings. The first-order valence-electron chi connectivity index (χ1n) is 9.56. The van der Waals surface area contributed by atoms with Crippen LogP contribution in [0.1, 0.15) is 35.7 Å². The quantitative estimate of drug-likeness (QED) is 0.542. The molecule has 0 atom stereocenters. The predicted octanol–water partition coefficient (Wildman–Crippen LogP) is 4.36. The fourth-order valence-corrected chi connectivity index (χ4v) is 5.86. The second kappa shape index (κ2) is 9.01. The molecule has 30 heavy (non-hydrogen) atoms. The monoisotopic (exact) mass is 465 g/mol. The molecule has 6 nitrogen and oxygen atoms in total. The number of fused-ring (bicyclic) bond motifs is 1. The van der Waals surface area contributed by atoms with E-state index >= 15 is 0 Å². The van der Waals surface area contributed by atoms with E-state index in [0.717, 1.165) is 28.6 Å². The Morgan fingerprint density at radius 3 is 2.53 bits per heavy atom. The number of thiazole rings is 1. The highest BCUT2D eigenvalue weighted by Gasteiger charge is 2.20. The molecule has 0 radical (unpaired) electrons. The molecule has 0 N–H and O–H groups in total. The molecule has 9 heteroatoms. The minimum absolute atomic E-state index is 0.162. The summed E-state index contributed by atoms with van der Waals surface area (Å²) < 4.78 is 29.4. The number of aryl methyl sites for hydroxylation is 2. The molecule has 0 spiro atoms. The van der Waals surface area contributed by atoms with Crippen LogP contribution in [0.3, 0.4) is 0 Å². The van der Waals surface area contributed by atoms with E-state index in [4.69, 9.17) is 11.6 Å². The Morgan fingerprint density at radius 1 is 1.23 bits per heavy atom. The zero-order valence-corrected chi connectivity index (χ0v) is 19.7. The van der Waals surface area contributed by atoms with Crippen LogP contribution in [-0.4, -0.2) is 36.8 Å². The van der Waals surface area contributed by atoms with Gasteiger partial charge in [0.15, 0.2) is 4.80 Å². The summed E-state index contributed by atoms with van der Waals surface area (Å²) in [7, 11) is -0.149. The number of benzene rings is 2. The molecule has 0 fully saturated rings. The van der Waals surface area contributed by atoms with Crippen LogP contribution in [0, 0.1) is 6.92 Å². The van der Waals surface area contributed by atoms with Gasteiger partial charge >= 0.3 is 0 Å². The molecule has 3 aromatic rings. The van der Waals surface area contributed by atoms with Gasteiger partial charge < -0.3 is 4.57 Å². The van der Waals surface area contributed by atoms with Gasteiger partial charge in [-0.1, -0.05) is 36.3 Å². The molecular formula is C21H24ClN3O3S2. The summed E-state index contributed by atoms with van der Waals surface area (Å²) in [6, 6.07) is 9.64. The Hall–Kier alpha value is -2.00. The van der Waals surface area contributed by atoms with Gasteiger partial charge in [-0.25, -0.2) is 12.7 Å². The minimum atomic E-state index is -3.57. The van der Waals surface area contributed by atoms with Crippen LogP contribution < -0.4 is 4.80 Å². The number of carbonyl (C=O) groups excluding carboxylic acids is 1. The van der Waals surface area contributed by atoms with Crippen molar-refractivity contribution in [3.05, 3.63) is 57.3 Å². The molecule has 0 bridgehead atoms. The third-order valence-corrected chi connectivity index (χ3v) is 8.06. The first kappa shape index (κ1) is 22.7. The fourth-order valence-electron chi connectivity index (χ4n) is 3.17. The highest BCUT2D eigenvalue weighted by molar-refractivity contribution is 7.89. The Balaban J connectivity index is 1.91. The topological polar surface area (TPSA) is 71.7 Å². The first-order chi connectivity index (χ1) is 14.1. The summed E-state index contributed by atoms with van der Waals surface area (Å²) in [5.41, 5.74) is 2.32. The van der Waals surface area contributed by atoms with Crippen molar-refractivity contribution < 1.29 is 13.2 Å². The molecule has 1 aromatic heterocycles. The van der Waals surface area contributed by atoms with Crippen LogP contribution >= 0.6 is 22.9 Å². The van der Waals surface area contributed by atoms with Crippen LogP contribution in [0.2, 0.25) is 5.02 Å². The van der Waals surface area contributed by atoms with E-state index in [1.807, 2.05) is 37.6 Å². The largest absolute Gasteiger partial charge is 0.319 e. The second-order valence-corrected chi connectivity index (χ2v) is 10.6. The highest BCUT2D eigenvalue weighted by Crippen LogP contribution is 2.25. The lowest BCUT2D eigenvalue weighted by Gasteiger charge is -2.16. The summed E-state index contributed by atoms with van der Waals surface area (Å²) in [5.74, 6) is -0.427. The van der Waals surface area contributed by atoms with E-state index in [-0.39, 0.29) is 4.90 Å². The number of amides is 1. The molecule has 160 valence electrons. The third kappa shape index (κ3) is 4.51. The van der Waals surface area contributed by atoms with Gasteiger partial charge in [0.1, 0.15) is 0 Å². The van der Waals surface area contributed by atoms with Gasteiger partial charge in [0.25, 0.3) is 5.91 Å². The molecule has 0 unspecified atom stereocenters. The summed E-state index contributed by atoms with van der Waals surface area (Å²) in [5, 5.41) is 0.639. The van der Waals surface area contributed by atoms with Gasteiger partial charge in [-0.15, -0.1) is 0 Å². The molecule has 0 saturated carbocycles. The van der Waals surface area contributed by atoms with Crippen LogP contribution in [0.5, 0.6) is 0 Å². The summed E-state index contributed by atoms with van der Waals surface area (Å²) in [4.78, 5) is 17.6. The Kier molecular flexibility index (Phi) is 6.81. The summed E-state index contributed by atoms with van der Waals surface area (Å²) >= 11 is 7.52. The molecular weight excluding hydrogens is 442 g/mol. The van der Waals surface area contributed by atoms with E-state index in [9.17, 15) is 13.2 Å². The van der Waals surface area contributed by atoms with Crippen LogP contribution in [0.15, 0.2) is 46.3 Å². The fraction of sp³-hybridized carbons (Fsp3) is 0.333. The van der Waals surface area contributed by atoms with Crippen molar-refractivity contribution in [2.75, 3.05) is 13.6 Å². The van der Waals surface area contributed by atoms with Gasteiger partial charge in [0.05, 0.1) is 15.1 Å². The Labute approximate surface area is 185 Å². The van der Waals surface area contributed by atoms with Gasteiger partial charge in [-0.3, -0.25) is 4.79 Å². The van der Waals surface area contributed by atoms with Crippen molar-refractivity contribution in [2.45, 2.75) is 31.6 Å². The number of sulfonamides is 1. The lowest BCUT2D eigenvalue weighted by Crippen LogP contribution is -2.27. The van der Waals surface area contributed by atoms with Crippen molar-refractivity contribution >= 4 is 49.1 Å². The molecule has 1 amide bonds. The number of aromatic nitrogens is 1. The number of hydrogen-bond donors (Lipinski definition) is 0. The van der Waals surface area contributed by atoms with Crippen molar-refractivity contribution in [2.24, 2.45) is 12.0 Å². The number of hydrogen-bond acceptors (Lipinski definition) is 4. The lowest BCUT2D eigenvalue weighted by molar-refractivity contribution is 0.0998. The second-order valence-electron chi connectivity index (χ2n) is 7.13. The van der Waals surface area contributed by atoms with Crippen molar-refractivity contribution in [3.8, 4) is 0 Å². The van der Waals surface area contributed by atoms with E-state index in [1.54, 1.807) is 7.05 Å². The third-order valence-electron chi connectivity index (χ3n) is 4.89. The molecule has 0 aliphatic heterocycles. The van der Waals surface area contributed by atoms with E-state index in [0.29, 0.717) is 21.9 Å². The van der Waals surface area contributed by atoms with Crippen LogP contribution in [-0.2, 0) is 17.1 Å². The lowest BCUT2D eigenvalue weighted by atomic mass is 10.2.